The monoisotopic (exact) mass is 292 g/mol. The van der Waals surface area contributed by atoms with Crippen molar-refractivity contribution in [2.45, 2.75) is 32.5 Å². The number of fused-ring (bicyclic) bond motifs is 1. The molecule has 2 N–H and O–H groups in total. The summed E-state index contributed by atoms with van der Waals surface area (Å²) < 4.78 is 5.42. The zero-order valence-corrected chi connectivity index (χ0v) is 12.7. The van der Waals surface area contributed by atoms with Crippen LogP contribution in [-0.4, -0.2) is 47.9 Å². The fourth-order valence-corrected chi connectivity index (χ4v) is 3.45. The first-order valence-electron chi connectivity index (χ1n) is 7.77. The number of nitrogens with zero attached hydrogens (tertiary/aromatic N) is 3. The fraction of sp³-hybridized carbons (Fsp3) is 0.733. The largest absolute Gasteiger partial charge is 0.393 e. The van der Waals surface area contributed by atoms with Crippen LogP contribution in [0.15, 0.2) is 6.07 Å². The molecule has 1 saturated heterocycles. The van der Waals surface area contributed by atoms with Crippen molar-refractivity contribution in [1.82, 2.24) is 9.97 Å². The van der Waals surface area contributed by atoms with Gasteiger partial charge >= 0.3 is 0 Å². The maximum atomic E-state index is 10.0. The summed E-state index contributed by atoms with van der Waals surface area (Å²) in [6, 6.07) is 1.98. The normalized spacial score (nSPS) is 28.0. The van der Waals surface area contributed by atoms with E-state index in [0.717, 1.165) is 37.6 Å². The molecule has 2 aliphatic rings. The summed E-state index contributed by atoms with van der Waals surface area (Å²) in [6.45, 7) is 4.92. The summed E-state index contributed by atoms with van der Waals surface area (Å²) in [4.78, 5) is 11.3. The predicted molar refractivity (Wildman–Crippen MR) is 81.3 cm³/mol. The van der Waals surface area contributed by atoms with E-state index in [1.807, 2.05) is 20.0 Å². The molecule has 3 unspecified atom stereocenters. The predicted octanol–water partition coefficient (Wildman–Crippen LogP) is 1.26. The van der Waals surface area contributed by atoms with Gasteiger partial charge < -0.3 is 20.1 Å². The van der Waals surface area contributed by atoms with Crippen LogP contribution in [0.5, 0.6) is 0 Å². The van der Waals surface area contributed by atoms with E-state index in [9.17, 15) is 5.11 Å². The SMILES string of the molecule is CCOCc1nc(NC)cc(N2CC3CCC(O)C3C2)n1. The van der Waals surface area contributed by atoms with Gasteiger partial charge in [-0.1, -0.05) is 0 Å². The third-order valence-corrected chi connectivity index (χ3v) is 4.59. The molecule has 0 bridgehead atoms. The van der Waals surface area contributed by atoms with Crippen molar-refractivity contribution < 1.29 is 9.84 Å². The Morgan fingerprint density at radius 1 is 1.38 bits per heavy atom. The van der Waals surface area contributed by atoms with Crippen LogP contribution in [0.4, 0.5) is 11.6 Å². The zero-order valence-electron chi connectivity index (χ0n) is 12.7. The number of anilines is 2. The van der Waals surface area contributed by atoms with Gasteiger partial charge in [-0.25, -0.2) is 9.97 Å². The van der Waals surface area contributed by atoms with Crippen LogP contribution in [0.2, 0.25) is 0 Å². The highest BCUT2D eigenvalue weighted by atomic mass is 16.5. The summed E-state index contributed by atoms with van der Waals surface area (Å²) in [7, 11) is 1.86. The average Bonchev–Trinajstić information content (AvgIpc) is 3.07. The lowest BCUT2D eigenvalue weighted by molar-refractivity contribution is 0.128. The molecule has 1 aliphatic heterocycles. The van der Waals surface area contributed by atoms with Gasteiger partial charge in [0.1, 0.15) is 18.2 Å². The number of aliphatic hydroxyl groups excluding tert-OH is 1. The smallest absolute Gasteiger partial charge is 0.158 e. The van der Waals surface area contributed by atoms with Crippen molar-refractivity contribution in [3.05, 3.63) is 11.9 Å². The van der Waals surface area contributed by atoms with Gasteiger partial charge in [0, 0.05) is 38.7 Å². The zero-order chi connectivity index (χ0) is 14.8. The molecule has 0 amide bonds. The van der Waals surface area contributed by atoms with Gasteiger partial charge in [-0.15, -0.1) is 0 Å². The Morgan fingerprint density at radius 3 is 2.95 bits per heavy atom. The second kappa shape index (κ2) is 6.15. The van der Waals surface area contributed by atoms with Gasteiger partial charge in [0.05, 0.1) is 6.10 Å². The highest BCUT2D eigenvalue weighted by Crippen LogP contribution is 2.39. The second-order valence-corrected chi connectivity index (χ2v) is 5.89. The Balaban J connectivity index is 1.78. The van der Waals surface area contributed by atoms with Crippen molar-refractivity contribution >= 4 is 11.6 Å². The van der Waals surface area contributed by atoms with E-state index in [4.69, 9.17) is 4.74 Å². The maximum absolute atomic E-state index is 10.0. The first kappa shape index (κ1) is 14.5. The van der Waals surface area contributed by atoms with Gasteiger partial charge in [0.25, 0.3) is 0 Å². The topological polar surface area (TPSA) is 70.5 Å². The van der Waals surface area contributed by atoms with E-state index in [0.29, 0.717) is 30.9 Å². The molecular weight excluding hydrogens is 268 g/mol. The van der Waals surface area contributed by atoms with E-state index in [-0.39, 0.29) is 6.10 Å². The molecular formula is C15H24N4O2. The number of nitrogens with one attached hydrogen (secondary N) is 1. The van der Waals surface area contributed by atoms with E-state index >= 15 is 0 Å². The van der Waals surface area contributed by atoms with Crippen molar-refractivity contribution in [3.63, 3.8) is 0 Å². The number of hydrogen-bond donors (Lipinski definition) is 2. The minimum absolute atomic E-state index is 0.145. The van der Waals surface area contributed by atoms with Gasteiger partial charge in [-0.2, -0.15) is 0 Å². The molecule has 2 heterocycles. The molecule has 3 rings (SSSR count). The Morgan fingerprint density at radius 2 is 2.24 bits per heavy atom. The summed E-state index contributed by atoms with van der Waals surface area (Å²) in [5.74, 6) is 3.45. The summed E-state index contributed by atoms with van der Waals surface area (Å²) in [5, 5.41) is 13.1. The molecule has 116 valence electrons. The molecule has 21 heavy (non-hydrogen) atoms. The average molecular weight is 292 g/mol. The summed E-state index contributed by atoms with van der Waals surface area (Å²) in [6.07, 6.45) is 1.93. The molecule has 1 aliphatic carbocycles. The van der Waals surface area contributed by atoms with Crippen LogP contribution in [0.3, 0.4) is 0 Å². The van der Waals surface area contributed by atoms with E-state index in [1.165, 1.54) is 0 Å². The minimum atomic E-state index is -0.145. The lowest BCUT2D eigenvalue weighted by Gasteiger charge is -2.20. The Kier molecular flexibility index (Phi) is 4.26. The molecule has 0 aromatic carbocycles. The third kappa shape index (κ3) is 2.96. The molecule has 0 spiro atoms. The highest BCUT2D eigenvalue weighted by molar-refractivity contribution is 5.50. The van der Waals surface area contributed by atoms with Crippen LogP contribution in [0.1, 0.15) is 25.6 Å². The standard InChI is InChI=1S/C15H24N4O2/c1-3-21-9-14-17-13(16-2)6-15(18-14)19-7-10-4-5-12(20)11(10)8-19/h6,10-12,20H,3-5,7-9H2,1-2H3,(H,16,17,18). The van der Waals surface area contributed by atoms with Gasteiger partial charge in [0.15, 0.2) is 5.82 Å². The number of aliphatic hydroxyl groups is 1. The first-order valence-corrected chi connectivity index (χ1v) is 7.77. The van der Waals surface area contributed by atoms with Crippen LogP contribution >= 0.6 is 0 Å². The highest BCUT2D eigenvalue weighted by Gasteiger charge is 2.42. The molecule has 1 saturated carbocycles. The van der Waals surface area contributed by atoms with Crippen LogP contribution in [0.25, 0.3) is 0 Å². The number of aromatic nitrogens is 2. The van der Waals surface area contributed by atoms with Crippen LogP contribution in [-0.2, 0) is 11.3 Å². The maximum Gasteiger partial charge on any atom is 0.158 e. The molecule has 3 atom stereocenters. The van der Waals surface area contributed by atoms with Gasteiger partial charge in [-0.3, -0.25) is 0 Å². The lowest BCUT2D eigenvalue weighted by Crippen LogP contribution is -2.25. The van der Waals surface area contributed by atoms with Gasteiger partial charge in [-0.05, 0) is 25.7 Å². The van der Waals surface area contributed by atoms with Gasteiger partial charge in [0.2, 0.25) is 0 Å². The molecule has 6 heteroatoms. The van der Waals surface area contributed by atoms with Crippen molar-refractivity contribution in [2.24, 2.45) is 11.8 Å². The van der Waals surface area contributed by atoms with E-state index in [1.54, 1.807) is 0 Å². The second-order valence-electron chi connectivity index (χ2n) is 5.89. The Labute approximate surface area is 125 Å². The minimum Gasteiger partial charge on any atom is -0.393 e. The quantitative estimate of drug-likeness (QED) is 0.851. The molecule has 2 fully saturated rings. The molecule has 1 aromatic heterocycles. The molecule has 6 nitrogen and oxygen atoms in total. The number of rotatable bonds is 5. The molecule has 0 radical (unpaired) electrons. The van der Waals surface area contributed by atoms with Crippen molar-refractivity contribution in [2.75, 3.05) is 37.0 Å². The summed E-state index contributed by atoms with van der Waals surface area (Å²) in [5.41, 5.74) is 0. The lowest BCUT2D eigenvalue weighted by atomic mass is 10.00. The van der Waals surface area contributed by atoms with Crippen LogP contribution < -0.4 is 10.2 Å². The van der Waals surface area contributed by atoms with Crippen LogP contribution in [0, 0.1) is 11.8 Å². The third-order valence-electron chi connectivity index (χ3n) is 4.59. The Bertz CT molecular complexity index is 497. The van der Waals surface area contributed by atoms with Crippen molar-refractivity contribution in [3.8, 4) is 0 Å². The van der Waals surface area contributed by atoms with E-state index < -0.39 is 0 Å². The van der Waals surface area contributed by atoms with E-state index in [2.05, 4.69) is 20.2 Å². The summed E-state index contributed by atoms with van der Waals surface area (Å²) >= 11 is 0. The number of hydrogen-bond acceptors (Lipinski definition) is 6. The van der Waals surface area contributed by atoms with Crippen molar-refractivity contribution in [1.29, 1.82) is 0 Å². The first-order chi connectivity index (χ1) is 10.2. The number of ether oxygens (including phenoxy) is 1. The Hall–Kier alpha value is -1.40. The molecule has 1 aromatic rings. The fourth-order valence-electron chi connectivity index (χ4n) is 3.45.